The lowest BCUT2D eigenvalue weighted by atomic mass is 10.3. The number of thioether (sulfide) groups is 1. The van der Waals surface area contributed by atoms with E-state index in [1.807, 2.05) is 36.0 Å². The molecule has 2 aromatic heterocycles. The van der Waals surface area contributed by atoms with E-state index in [4.69, 9.17) is 16.6 Å². The van der Waals surface area contributed by atoms with Crippen LogP contribution in [-0.2, 0) is 12.8 Å². The molecule has 1 saturated carbocycles. The fourth-order valence-corrected chi connectivity index (χ4v) is 3.32. The van der Waals surface area contributed by atoms with Gasteiger partial charge in [-0.15, -0.1) is 5.10 Å². The normalized spacial score (nSPS) is 14.3. The molecule has 1 aromatic carbocycles. The van der Waals surface area contributed by atoms with Crippen molar-refractivity contribution in [3.63, 3.8) is 0 Å². The highest BCUT2D eigenvalue weighted by molar-refractivity contribution is 7.98. The number of halogens is 1. The van der Waals surface area contributed by atoms with Gasteiger partial charge in [0.25, 0.3) is 0 Å². The Kier molecular flexibility index (Phi) is 3.87. The molecule has 4 rings (SSSR count). The maximum Gasteiger partial charge on any atom is 0.209 e. The number of benzene rings is 1. The second-order valence-electron chi connectivity index (χ2n) is 5.64. The third-order valence-electron chi connectivity index (χ3n) is 3.78. The molecule has 0 spiro atoms. The van der Waals surface area contributed by atoms with Gasteiger partial charge >= 0.3 is 0 Å². The van der Waals surface area contributed by atoms with Crippen molar-refractivity contribution >= 4 is 23.4 Å². The Morgan fingerprint density at radius 2 is 2.00 bits per heavy atom. The second-order valence-corrected chi connectivity index (χ2v) is 6.97. The molecular weight excluding hydrogens is 330 g/mol. The van der Waals surface area contributed by atoms with Gasteiger partial charge in [0, 0.05) is 18.7 Å². The molecule has 0 radical (unpaired) electrons. The van der Waals surface area contributed by atoms with Gasteiger partial charge in [0.1, 0.15) is 11.0 Å². The number of para-hydroxylation sites is 1. The molecule has 1 fully saturated rings. The van der Waals surface area contributed by atoms with Crippen LogP contribution in [-0.4, -0.2) is 24.5 Å². The zero-order valence-corrected chi connectivity index (χ0v) is 14.3. The molecule has 5 nitrogen and oxygen atoms in total. The quantitative estimate of drug-likeness (QED) is 0.659. The molecule has 1 aliphatic rings. The van der Waals surface area contributed by atoms with Crippen molar-refractivity contribution in [1.29, 1.82) is 0 Å². The minimum atomic E-state index is 0.543. The monoisotopic (exact) mass is 345 g/mol. The van der Waals surface area contributed by atoms with E-state index in [9.17, 15) is 0 Å². The molecule has 3 aromatic rings. The van der Waals surface area contributed by atoms with E-state index in [-0.39, 0.29) is 0 Å². The Labute approximate surface area is 143 Å². The maximum absolute atomic E-state index is 6.03. The SMILES string of the molecule is Cn1nc(CSc2nc(C3CC3)n(-c3ccccc3)n2)cc1Cl. The molecule has 0 saturated heterocycles. The molecule has 7 heteroatoms. The predicted octanol–water partition coefficient (Wildman–Crippen LogP) is 3.82. The van der Waals surface area contributed by atoms with Gasteiger partial charge in [-0.25, -0.2) is 9.67 Å². The first-order valence-corrected chi connectivity index (χ1v) is 8.90. The standard InChI is InChI=1S/C16H16ClN5S/c1-21-14(17)9-12(19-21)10-23-16-18-15(11-7-8-11)22(20-16)13-5-3-2-4-6-13/h2-6,9,11H,7-8,10H2,1H3. The van der Waals surface area contributed by atoms with Crippen molar-refractivity contribution in [2.45, 2.75) is 29.7 Å². The van der Waals surface area contributed by atoms with Gasteiger partial charge in [-0.05, 0) is 31.0 Å². The van der Waals surface area contributed by atoms with Crippen molar-refractivity contribution in [2.24, 2.45) is 7.05 Å². The van der Waals surface area contributed by atoms with Crippen LogP contribution in [0.4, 0.5) is 0 Å². The average Bonchev–Trinajstić information content (AvgIpc) is 3.24. The molecule has 118 valence electrons. The largest absolute Gasteiger partial charge is 0.257 e. The highest BCUT2D eigenvalue weighted by Crippen LogP contribution is 2.40. The molecule has 1 aliphatic carbocycles. The molecule has 0 unspecified atom stereocenters. The lowest BCUT2D eigenvalue weighted by Gasteiger charge is -2.03. The molecule has 23 heavy (non-hydrogen) atoms. The van der Waals surface area contributed by atoms with Gasteiger partial charge in [0.15, 0.2) is 0 Å². The Hall–Kier alpha value is -1.79. The number of aromatic nitrogens is 5. The van der Waals surface area contributed by atoms with E-state index in [2.05, 4.69) is 22.3 Å². The summed E-state index contributed by atoms with van der Waals surface area (Å²) >= 11 is 7.62. The second kappa shape index (κ2) is 6.02. The Morgan fingerprint density at radius 3 is 2.65 bits per heavy atom. The third kappa shape index (κ3) is 3.14. The fraction of sp³-hybridized carbons (Fsp3) is 0.312. The third-order valence-corrected chi connectivity index (χ3v) is 5.00. The Morgan fingerprint density at radius 1 is 1.22 bits per heavy atom. The maximum atomic E-state index is 6.03. The summed E-state index contributed by atoms with van der Waals surface area (Å²) in [6.07, 6.45) is 2.40. The molecule has 0 atom stereocenters. The average molecular weight is 346 g/mol. The van der Waals surface area contributed by atoms with Crippen LogP contribution in [0.2, 0.25) is 5.15 Å². The topological polar surface area (TPSA) is 48.5 Å². The van der Waals surface area contributed by atoms with E-state index in [0.29, 0.717) is 16.8 Å². The molecule has 2 heterocycles. The zero-order valence-electron chi connectivity index (χ0n) is 12.7. The molecule has 0 bridgehead atoms. The smallest absolute Gasteiger partial charge is 0.209 e. The van der Waals surface area contributed by atoms with Crippen LogP contribution in [0.5, 0.6) is 0 Å². The number of hydrogen-bond donors (Lipinski definition) is 0. The van der Waals surface area contributed by atoms with E-state index in [1.54, 1.807) is 16.4 Å². The van der Waals surface area contributed by atoms with Crippen molar-refractivity contribution in [3.05, 3.63) is 53.1 Å². The highest BCUT2D eigenvalue weighted by Gasteiger charge is 2.30. The Bertz CT molecular complexity index is 803. The molecule has 0 amide bonds. The summed E-state index contributed by atoms with van der Waals surface area (Å²) < 4.78 is 3.65. The van der Waals surface area contributed by atoms with Crippen molar-refractivity contribution in [2.75, 3.05) is 0 Å². The van der Waals surface area contributed by atoms with E-state index in [1.165, 1.54) is 12.8 Å². The fourth-order valence-electron chi connectivity index (χ4n) is 2.44. The highest BCUT2D eigenvalue weighted by atomic mass is 35.5. The van der Waals surface area contributed by atoms with Gasteiger partial charge in [0.2, 0.25) is 5.16 Å². The van der Waals surface area contributed by atoms with E-state index in [0.717, 1.165) is 22.4 Å². The summed E-state index contributed by atoms with van der Waals surface area (Å²) in [4.78, 5) is 4.74. The van der Waals surface area contributed by atoms with Crippen molar-refractivity contribution in [3.8, 4) is 5.69 Å². The van der Waals surface area contributed by atoms with Crippen molar-refractivity contribution < 1.29 is 0 Å². The van der Waals surface area contributed by atoms with Gasteiger partial charge in [-0.1, -0.05) is 41.6 Å². The van der Waals surface area contributed by atoms with E-state index < -0.39 is 0 Å². The summed E-state index contributed by atoms with van der Waals surface area (Å²) in [7, 11) is 1.84. The first-order valence-electron chi connectivity index (χ1n) is 7.54. The predicted molar refractivity (Wildman–Crippen MR) is 91.1 cm³/mol. The molecule has 0 aliphatic heterocycles. The molecule has 0 N–H and O–H groups in total. The van der Waals surface area contributed by atoms with E-state index >= 15 is 0 Å². The number of nitrogens with zero attached hydrogens (tertiary/aromatic N) is 5. The Balaban J connectivity index is 1.57. The zero-order chi connectivity index (χ0) is 15.8. The number of aryl methyl sites for hydroxylation is 1. The summed E-state index contributed by atoms with van der Waals surface area (Å²) in [5.74, 6) is 2.32. The number of hydrogen-bond acceptors (Lipinski definition) is 4. The van der Waals surface area contributed by atoms with Crippen LogP contribution in [0.15, 0.2) is 41.6 Å². The summed E-state index contributed by atoms with van der Waals surface area (Å²) in [6, 6.07) is 12.1. The van der Waals surface area contributed by atoms with Crippen LogP contribution in [0.25, 0.3) is 5.69 Å². The van der Waals surface area contributed by atoms with Gasteiger partial charge in [0.05, 0.1) is 11.4 Å². The lowest BCUT2D eigenvalue weighted by molar-refractivity contribution is 0.755. The summed E-state index contributed by atoms with van der Waals surface area (Å²) in [5.41, 5.74) is 2.00. The summed E-state index contributed by atoms with van der Waals surface area (Å²) in [6.45, 7) is 0. The first-order chi connectivity index (χ1) is 11.2. The van der Waals surface area contributed by atoms with Crippen LogP contribution in [0, 0.1) is 0 Å². The minimum Gasteiger partial charge on any atom is -0.257 e. The minimum absolute atomic E-state index is 0.543. The van der Waals surface area contributed by atoms with Gasteiger partial charge < -0.3 is 0 Å². The van der Waals surface area contributed by atoms with Crippen LogP contribution in [0.3, 0.4) is 0 Å². The van der Waals surface area contributed by atoms with Gasteiger partial charge in [-0.3, -0.25) is 4.68 Å². The molecular formula is C16H16ClN5S. The van der Waals surface area contributed by atoms with Crippen molar-refractivity contribution in [1.82, 2.24) is 24.5 Å². The van der Waals surface area contributed by atoms with Crippen LogP contribution >= 0.6 is 23.4 Å². The van der Waals surface area contributed by atoms with Crippen LogP contribution < -0.4 is 0 Å². The summed E-state index contributed by atoms with van der Waals surface area (Å²) in [5, 5.41) is 10.5. The van der Waals surface area contributed by atoms with Crippen LogP contribution in [0.1, 0.15) is 30.3 Å². The number of rotatable bonds is 5. The van der Waals surface area contributed by atoms with Gasteiger partial charge in [-0.2, -0.15) is 5.10 Å². The lowest BCUT2D eigenvalue weighted by Crippen LogP contribution is -2.01. The first kappa shape index (κ1) is 14.8.